The van der Waals surface area contributed by atoms with Crippen LogP contribution in [0.1, 0.15) is 93.7 Å². The van der Waals surface area contributed by atoms with Crippen LogP contribution < -0.4 is 4.90 Å². The summed E-state index contributed by atoms with van der Waals surface area (Å²) in [5.41, 5.74) is 16.0. The van der Waals surface area contributed by atoms with Crippen molar-refractivity contribution < 1.29 is 0 Å². The molecule has 248 valence electrons. The molecule has 1 saturated carbocycles. The third kappa shape index (κ3) is 4.25. The fraction of sp³-hybridized carbons (Fsp3) is 0.265. The molecule has 2 unspecified atom stereocenters. The van der Waals surface area contributed by atoms with Gasteiger partial charge in [-0.2, -0.15) is 0 Å². The lowest BCUT2D eigenvalue weighted by atomic mass is 9.61. The summed E-state index contributed by atoms with van der Waals surface area (Å²) in [7, 11) is 0. The van der Waals surface area contributed by atoms with E-state index in [1.54, 1.807) is 0 Å². The largest absolute Gasteiger partial charge is 0.334 e. The van der Waals surface area contributed by atoms with Gasteiger partial charge >= 0.3 is 0 Å². The van der Waals surface area contributed by atoms with Crippen molar-refractivity contribution in [2.45, 2.75) is 82.1 Å². The molecule has 3 aliphatic rings. The van der Waals surface area contributed by atoms with Gasteiger partial charge in [-0.1, -0.05) is 156 Å². The van der Waals surface area contributed by atoms with Crippen molar-refractivity contribution in [2.75, 3.05) is 4.90 Å². The van der Waals surface area contributed by atoms with E-state index in [1.807, 2.05) is 0 Å². The monoisotopic (exact) mass is 649 g/mol. The zero-order valence-corrected chi connectivity index (χ0v) is 30.1. The molecule has 1 nitrogen and oxygen atoms in total. The summed E-state index contributed by atoms with van der Waals surface area (Å²) in [6.07, 6.45) is 4.96. The first-order chi connectivity index (χ1) is 24.2. The summed E-state index contributed by atoms with van der Waals surface area (Å²) in [4.78, 5) is 2.70. The van der Waals surface area contributed by atoms with Gasteiger partial charge in [-0.3, -0.25) is 0 Å². The van der Waals surface area contributed by atoms with Crippen molar-refractivity contribution >= 4 is 11.4 Å². The van der Waals surface area contributed by atoms with Gasteiger partial charge in [-0.05, 0) is 111 Å². The minimum Gasteiger partial charge on any atom is -0.334 e. The number of hydrogen-bond acceptors (Lipinski definition) is 1. The van der Waals surface area contributed by atoms with Gasteiger partial charge in [-0.15, -0.1) is 0 Å². The fourth-order valence-corrected chi connectivity index (χ4v) is 10.1. The van der Waals surface area contributed by atoms with Crippen LogP contribution in [0.15, 0.2) is 146 Å². The van der Waals surface area contributed by atoms with Gasteiger partial charge in [0.2, 0.25) is 0 Å². The summed E-state index contributed by atoms with van der Waals surface area (Å²) in [6.45, 7) is 12.0. The van der Waals surface area contributed by atoms with Crippen molar-refractivity contribution in [3.8, 4) is 22.3 Å². The van der Waals surface area contributed by atoms with E-state index in [0.29, 0.717) is 0 Å². The van der Waals surface area contributed by atoms with Gasteiger partial charge in [0.25, 0.3) is 0 Å². The summed E-state index contributed by atoms with van der Waals surface area (Å²) < 4.78 is 0. The first-order valence-corrected chi connectivity index (χ1v) is 18.6. The van der Waals surface area contributed by atoms with Crippen LogP contribution in [-0.2, 0) is 16.2 Å². The predicted molar refractivity (Wildman–Crippen MR) is 211 cm³/mol. The van der Waals surface area contributed by atoms with Crippen LogP contribution >= 0.6 is 0 Å². The van der Waals surface area contributed by atoms with Crippen LogP contribution in [-0.4, -0.2) is 5.54 Å². The molecule has 1 heterocycles. The zero-order chi connectivity index (χ0) is 34.3. The first-order valence-electron chi connectivity index (χ1n) is 18.6. The average Bonchev–Trinajstić information content (AvgIpc) is 3.55. The zero-order valence-electron chi connectivity index (χ0n) is 30.1. The molecular formula is C49H47N. The molecule has 0 saturated heterocycles. The summed E-state index contributed by atoms with van der Waals surface area (Å²) >= 11 is 0. The molecule has 0 aromatic heterocycles. The Kier molecular flexibility index (Phi) is 6.89. The molecule has 0 amide bonds. The molecule has 9 rings (SSSR count). The van der Waals surface area contributed by atoms with E-state index >= 15 is 0 Å². The highest BCUT2D eigenvalue weighted by Gasteiger charge is 2.57. The van der Waals surface area contributed by atoms with Crippen molar-refractivity contribution in [3.05, 3.63) is 179 Å². The molecule has 6 aromatic carbocycles. The second kappa shape index (κ2) is 11.1. The normalized spacial score (nSPS) is 21.7. The third-order valence-electron chi connectivity index (χ3n) is 12.9. The molecule has 1 heteroatoms. The Morgan fingerprint density at radius 1 is 0.520 bits per heavy atom. The first kappa shape index (κ1) is 31.1. The number of benzene rings is 6. The Bertz CT molecular complexity index is 2180. The molecule has 1 fully saturated rings. The van der Waals surface area contributed by atoms with Gasteiger partial charge < -0.3 is 4.90 Å². The molecule has 0 spiro atoms. The predicted octanol–water partition coefficient (Wildman–Crippen LogP) is 12.8. The van der Waals surface area contributed by atoms with Crippen molar-refractivity contribution in [1.82, 2.24) is 0 Å². The quantitative estimate of drug-likeness (QED) is 0.183. The summed E-state index contributed by atoms with van der Waals surface area (Å²) in [5.74, 6) is 0. The molecule has 50 heavy (non-hydrogen) atoms. The number of nitrogens with zero attached hydrogens (tertiary/aromatic N) is 1. The number of hydrogen-bond donors (Lipinski definition) is 0. The van der Waals surface area contributed by atoms with E-state index < -0.39 is 5.41 Å². The Morgan fingerprint density at radius 2 is 1.08 bits per heavy atom. The highest BCUT2D eigenvalue weighted by atomic mass is 15.3. The average molecular weight is 650 g/mol. The molecule has 6 aromatic rings. The van der Waals surface area contributed by atoms with Crippen molar-refractivity contribution in [2.24, 2.45) is 0 Å². The van der Waals surface area contributed by atoms with Gasteiger partial charge in [0.05, 0.1) is 11.0 Å². The molecule has 2 aliphatic carbocycles. The molecule has 2 atom stereocenters. The molecule has 0 bridgehead atoms. The molecule has 1 aliphatic heterocycles. The van der Waals surface area contributed by atoms with E-state index in [-0.39, 0.29) is 16.4 Å². The topological polar surface area (TPSA) is 3.24 Å². The number of anilines is 2. The van der Waals surface area contributed by atoms with Crippen LogP contribution in [0.4, 0.5) is 11.4 Å². The summed E-state index contributed by atoms with van der Waals surface area (Å²) in [6, 6.07) is 55.4. The van der Waals surface area contributed by atoms with E-state index in [9.17, 15) is 0 Å². The van der Waals surface area contributed by atoms with E-state index in [0.717, 1.165) is 0 Å². The van der Waals surface area contributed by atoms with Crippen LogP contribution in [0.3, 0.4) is 0 Å². The van der Waals surface area contributed by atoms with Crippen LogP contribution in [0.5, 0.6) is 0 Å². The SMILES string of the molecule is CC(C)(C)c1ccc(N2c3ccc(-c4ccc5c(c4)C(c4ccccc4)(c4ccccc4)c4ccccc4-5)cc3C3(C)CCCCC23C)cc1. The molecule has 0 N–H and O–H groups in total. The lowest BCUT2D eigenvalue weighted by Gasteiger charge is -2.50. The molecule has 0 radical (unpaired) electrons. The van der Waals surface area contributed by atoms with E-state index in [1.165, 1.54) is 92.7 Å². The highest BCUT2D eigenvalue weighted by molar-refractivity contribution is 5.89. The minimum atomic E-state index is -0.398. The Hall–Kier alpha value is -4.88. The maximum Gasteiger partial charge on any atom is 0.0713 e. The van der Waals surface area contributed by atoms with Gasteiger partial charge in [0.1, 0.15) is 0 Å². The third-order valence-corrected chi connectivity index (χ3v) is 12.9. The van der Waals surface area contributed by atoms with Gasteiger partial charge in [0, 0.05) is 16.8 Å². The van der Waals surface area contributed by atoms with Gasteiger partial charge in [-0.25, -0.2) is 0 Å². The van der Waals surface area contributed by atoms with Crippen LogP contribution in [0.2, 0.25) is 0 Å². The number of fused-ring (bicyclic) bond motifs is 6. The van der Waals surface area contributed by atoms with Crippen molar-refractivity contribution in [1.29, 1.82) is 0 Å². The lowest BCUT2D eigenvalue weighted by molar-refractivity contribution is 0.195. The minimum absolute atomic E-state index is 0.0187. The van der Waals surface area contributed by atoms with Crippen LogP contribution in [0, 0.1) is 0 Å². The maximum atomic E-state index is 2.70. The Morgan fingerprint density at radius 3 is 1.74 bits per heavy atom. The second-order valence-electron chi connectivity index (χ2n) is 16.5. The van der Waals surface area contributed by atoms with Crippen LogP contribution in [0.25, 0.3) is 22.3 Å². The maximum absolute atomic E-state index is 2.70. The second-order valence-corrected chi connectivity index (χ2v) is 16.5. The summed E-state index contributed by atoms with van der Waals surface area (Å²) in [5, 5.41) is 0. The standard InChI is InChI=1S/C49H47N/c1-46(2,3)36-24-26-39(27-25-36)50-45-29-23-35(33-44(45)47(4)30-14-15-31-48(47,50)5)34-22-28-41-40-20-12-13-21-42(40)49(43(41)32-34,37-16-8-6-9-17-37)38-18-10-7-11-19-38/h6-13,16-29,32-33H,14-15,30-31H2,1-5H3. The lowest BCUT2D eigenvalue weighted by Crippen LogP contribution is -2.54. The Balaban J connectivity index is 1.23. The van der Waals surface area contributed by atoms with E-state index in [2.05, 4.69) is 185 Å². The smallest absolute Gasteiger partial charge is 0.0713 e. The van der Waals surface area contributed by atoms with Crippen molar-refractivity contribution in [3.63, 3.8) is 0 Å². The highest BCUT2D eigenvalue weighted by Crippen LogP contribution is 2.62. The number of rotatable bonds is 4. The molecular weight excluding hydrogens is 603 g/mol. The Labute approximate surface area is 298 Å². The van der Waals surface area contributed by atoms with Gasteiger partial charge in [0.15, 0.2) is 0 Å². The fourth-order valence-electron chi connectivity index (χ4n) is 10.1. The van der Waals surface area contributed by atoms with E-state index in [4.69, 9.17) is 0 Å².